The molecule has 0 bridgehead atoms. The van der Waals surface area contributed by atoms with Gasteiger partial charge in [-0.1, -0.05) is 30.3 Å². The summed E-state index contributed by atoms with van der Waals surface area (Å²) >= 11 is 5.25. The van der Waals surface area contributed by atoms with Crippen LogP contribution in [0, 0.1) is 13.8 Å². The van der Waals surface area contributed by atoms with Crippen LogP contribution in [0.3, 0.4) is 0 Å². The van der Waals surface area contributed by atoms with Crippen LogP contribution in [0.5, 0.6) is 5.75 Å². The van der Waals surface area contributed by atoms with Gasteiger partial charge in [-0.2, -0.15) is 13.9 Å². The summed E-state index contributed by atoms with van der Waals surface area (Å²) in [6.45, 7) is 2.74. The summed E-state index contributed by atoms with van der Waals surface area (Å²) in [6.07, 6.45) is 0. The van der Waals surface area contributed by atoms with E-state index in [1.165, 1.54) is 6.07 Å². The largest absolute Gasteiger partial charge is 0.434 e. The van der Waals surface area contributed by atoms with E-state index in [1.807, 2.05) is 32.0 Å². The third-order valence-corrected chi connectivity index (χ3v) is 3.73. The molecule has 2 aromatic carbocycles. The highest BCUT2D eigenvalue weighted by atomic mass is 32.1. The lowest BCUT2D eigenvalue weighted by atomic mass is 10.1. The molecule has 2 N–H and O–H groups in total. The van der Waals surface area contributed by atoms with Gasteiger partial charge in [-0.3, -0.25) is 5.43 Å². The SMILES string of the molecule is CC(=NNC(=S)Nc1c(C)cccc1C)c1ccccc1OC(F)F. The van der Waals surface area contributed by atoms with E-state index in [4.69, 9.17) is 12.2 Å². The van der Waals surface area contributed by atoms with E-state index in [9.17, 15) is 8.78 Å². The number of alkyl halides is 2. The van der Waals surface area contributed by atoms with E-state index >= 15 is 0 Å². The van der Waals surface area contributed by atoms with E-state index < -0.39 is 6.61 Å². The molecule has 0 aliphatic rings. The molecule has 7 heteroatoms. The fraction of sp³-hybridized carbons (Fsp3) is 0.222. The molecule has 2 rings (SSSR count). The molecule has 4 nitrogen and oxygen atoms in total. The summed E-state index contributed by atoms with van der Waals surface area (Å²) in [4.78, 5) is 0. The van der Waals surface area contributed by atoms with Crippen molar-refractivity contribution in [2.24, 2.45) is 5.10 Å². The van der Waals surface area contributed by atoms with Gasteiger partial charge in [0.1, 0.15) is 5.75 Å². The molecule has 0 amide bonds. The first kappa shape index (κ1) is 18.8. The molecule has 0 unspecified atom stereocenters. The number of aryl methyl sites for hydroxylation is 2. The van der Waals surface area contributed by atoms with Gasteiger partial charge in [-0.05, 0) is 56.2 Å². The smallest absolute Gasteiger partial charge is 0.387 e. The van der Waals surface area contributed by atoms with E-state index in [1.54, 1.807) is 25.1 Å². The average molecular weight is 363 g/mol. The van der Waals surface area contributed by atoms with Crippen molar-refractivity contribution in [3.05, 3.63) is 59.2 Å². The molecule has 25 heavy (non-hydrogen) atoms. The Morgan fingerprint density at radius 3 is 2.36 bits per heavy atom. The normalized spacial score (nSPS) is 11.4. The van der Waals surface area contributed by atoms with Crippen LogP contribution in [0.2, 0.25) is 0 Å². The van der Waals surface area contributed by atoms with Gasteiger partial charge >= 0.3 is 6.61 Å². The van der Waals surface area contributed by atoms with Crippen LogP contribution < -0.4 is 15.5 Å². The van der Waals surface area contributed by atoms with Gasteiger partial charge in [-0.15, -0.1) is 0 Å². The Morgan fingerprint density at radius 2 is 1.72 bits per heavy atom. The zero-order chi connectivity index (χ0) is 18.4. The number of hydrogen-bond donors (Lipinski definition) is 2. The van der Waals surface area contributed by atoms with Crippen molar-refractivity contribution < 1.29 is 13.5 Å². The van der Waals surface area contributed by atoms with Crippen molar-refractivity contribution in [1.82, 2.24) is 5.43 Å². The van der Waals surface area contributed by atoms with E-state index in [2.05, 4.69) is 20.6 Å². The van der Waals surface area contributed by atoms with Gasteiger partial charge in [-0.25, -0.2) is 0 Å². The highest BCUT2D eigenvalue weighted by molar-refractivity contribution is 7.80. The molecular formula is C18H19F2N3OS. The second-order valence-corrected chi connectivity index (χ2v) is 5.81. The number of thiocarbonyl (C=S) groups is 1. The van der Waals surface area contributed by atoms with E-state index in [-0.39, 0.29) is 5.75 Å². The number of benzene rings is 2. The summed E-state index contributed by atoms with van der Waals surface area (Å²) in [6, 6.07) is 12.4. The number of anilines is 1. The molecule has 0 radical (unpaired) electrons. The highest BCUT2D eigenvalue weighted by Crippen LogP contribution is 2.21. The first-order valence-corrected chi connectivity index (χ1v) is 8.01. The fourth-order valence-electron chi connectivity index (χ4n) is 2.31. The molecule has 132 valence electrons. The lowest BCUT2D eigenvalue weighted by Gasteiger charge is -2.14. The van der Waals surface area contributed by atoms with E-state index in [0.717, 1.165) is 16.8 Å². The van der Waals surface area contributed by atoms with Crippen molar-refractivity contribution in [3.63, 3.8) is 0 Å². The molecule has 0 aromatic heterocycles. The Labute approximate surface area is 150 Å². The number of para-hydroxylation sites is 2. The second kappa shape index (κ2) is 8.53. The number of nitrogens with zero attached hydrogens (tertiary/aromatic N) is 1. The van der Waals surface area contributed by atoms with Crippen molar-refractivity contribution in [2.45, 2.75) is 27.4 Å². The predicted octanol–water partition coefficient (Wildman–Crippen LogP) is 4.62. The third kappa shape index (κ3) is 5.22. The molecule has 0 heterocycles. The summed E-state index contributed by atoms with van der Waals surface area (Å²) in [5.41, 5.74) is 6.69. The molecular weight excluding hydrogens is 344 g/mol. The standard InChI is InChI=1S/C18H19F2N3OS/c1-11-7-6-8-12(2)16(11)21-18(25)23-22-13(3)14-9-4-5-10-15(14)24-17(19)20/h4-10,17H,1-3H3,(H2,21,23,25). The molecule has 0 aliphatic heterocycles. The molecule has 0 saturated heterocycles. The van der Waals surface area contributed by atoms with Crippen LogP contribution >= 0.6 is 12.2 Å². The fourth-order valence-corrected chi connectivity index (χ4v) is 2.46. The predicted molar refractivity (Wildman–Crippen MR) is 101 cm³/mol. The molecule has 0 saturated carbocycles. The number of nitrogens with one attached hydrogen (secondary N) is 2. The number of halogens is 2. The monoisotopic (exact) mass is 363 g/mol. The number of hydrazone groups is 1. The third-order valence-electron chi connectivity index (χ3n) is 3.54. The van der Waals surface area contributed by atoms with Gasteiger partial charge in [0.15, 0.2) is 5.11 Å². The van der Waals surface area contributed by atoms with Gasteiger partial charge in [0.05, 0.1) is 5.71 Å². The van der Waals surface area contributed by atoms with Crippen LogP contribution in [0.4, 0.5) is 14.5 Å². The molecule has 0 fully saturated rings. The summed E-state index contributed by atoms with van der Waals surface area (Å²) in [7, 11) is 0. The number of hydrogen-bond acceptors (Lipinski definition) is 3. The van der Waals surface area contributed by atoms with Gasteiger partial charge in [0.2, 0.25) is 0 Å². The van der Waals surface area contributed by atoms with Gasteiger partial charge in [0, 0.05) is 11.3 Å². The van der Waals surface area contributed by atoms with Crippen LogP contribution in [0.1, 0.15) is 23.6 Å². The van der Waals surface area contributed by atoms with Gasteiger partial charge < -0.3 is 10.1 Å². The van der Waals surface area contributed by atoms with Crippen LogP contribution in [-0.2, 0) is 0 Å². The Balaban J connectivity index is 2.10. The molecule has 0 spiro atoms. The van der Waals surface area contributed by atoms with E-state index in [0.29, 0.717) is 16.4 Å². The topological polar surface area (TPSA) is 45.7 Å². The Hall–Kier alpha value is -2.54. The number of ether oxygens (including phenoxy) is 1. The Morgan fingerprint density at radius 1 is 1.08 bits per heavy atom. The van der Waals surface area contributed by atoms with Crippen molar-refractivity contribution in [3.8, 4) is 5.75 Å². The summed E-state index contributed by atoms with van der Waals surface area (Å²) < 4.78 is 29.5. The highest BCUT2D eigenvalue weighted by Gasteiger charge is 2.11. The molecule has 0 aliphatic carbocycles. The maximum absolute atomic E-state index is 12.5. The van der Waals surface area contributed by atoms with Crippen molar-refractivity contribution in [1.29, 1.82) is 0 Å². The zero-order valence-electron chi connectivity index (χ0n) is 14.1. The lowest BCUT2D eigenvalue weighted by Crippen LogP contribution is -2.25. The summed E-state index contributed by atoms with van der Waals surface area (Å²) in [5, 5.41) is 7.56. The quantitative estimate of drug-likeness (QED) is 0.462. The van der Waals surface area contributed by atoms with Crippen LogP contribution in [0.25, 0.3) is 0 Å². The minimum absolute atomic E-state index is 0.0641. The van der Waals surface area contributed by atoms with Crippen molar-refractivity contribution >= 4 is 28.7 Å². The second-order valence-electron chi connectivity index (χ2n) is 5.40. The lowest BCUT2D eigenvalue weighted by molar-refractivity contribution is -0.0499. The number of rotatable bonds is 5. The first-order chi connectivity index (χ1) is 11.9. The van der Waals surface area contributed by atoms with Crippen LogP contribution in [0.15, 0.2) is 47.6 Å². The zero-order valence-corrected chi connectivity index (χ0v) is 15.0. The molecule has 0 atom stereocenters. The Kier molecular flexibility index (Phi) is 6.41. The van der Waals surface area contributed by atoms with Gasteiger partial charge in [0.25, 0.3) is 0 Å². The Bertz CT molecular complexity index is 773. The van der Waals surface area contributed by atoms with Crippen LogP contribution in [-0.4, -0.2) is 17.4 Å². The summed E-state index contributed by atoms with van der Waals surface area (Å²) in [5.74, 6) is 0.0641. The molecule has 2 aromatic rings. The minimum Gasteiger partial charge on any atom is -0.434 e. The maximum Gasteiger partial charge on any atom is 0.387 e. The average Bonchev–Trinajstić information content (AvgIpc) is 2.56. The minimum atomic E-state index is -2.89. The first-order valence-electron chi connectivity index (χ1n) is 7.60. The maximum atomic E-state index is 12.5. The van der Waals surface area contributed by atoms with Crippen molar-refractivity contribution in [2.75, 3.05) is 5.32 Å².